The summed E-state index contributed by atoms with van der Waals surface area (Å²) >= 11 is 0. The molecule has 0 fully saturated rings. The fraction of sp³-hybridized carbons (Fsp3) is 0.250. The van der Waals surface area contributed by atoms with Crippen molar-refractivity contribution in [2.24, 2.45) is 5.10 Å². The molecule has 1 aromatic carbocycles. The third-order valence-electron chi connectivity index (χ3n) is 3.25. The molecule has 1 heterocycles. The zero-order valence-corrected chi connectivity index (χ0v) is 13.3. The zero-order chi connectivity index (χ0) is 17.7. The van der Waals surface area contributed by atoms with Crippen LogP contribution in [0.4, 0.5) is 19.0 Å². The first-order chi connectivity index (χ1) is 11.3. The first-order valence-corrected chi connectivity index (χ1v) is 6.90. The van der Waals surface area contributed by atoms with Gasteiger partial charge in [0.15, 0.2) is 11.5 Å². The maximum absolute atomic E-state index is 12.5. The van der Waals surface area contributed by atoms with Gasteiger partial charge in [0, 0.05) is 11.8 Å². The molecule has 128 valence electrons. The van der Waals surface area contributed by atoms with Crippen LogP contribution in [0.25, 0.3) is 0 Å². The number of benzene rings is 1. The van der Waals surface area contributed by atoms with Crippen molar-refractivity contribution in [1.82, 2.24) is 4.98 Å². The van der Waals surface area contributed by atoms with E-state index in [2.05, 4.69) is 15.5 Å². The molecule has 0 radical (unpaired) electrons. The quantitative estimate of drug-likeness (QED) is 0.664. The van der Waals surface area contributed by atoms with Crippen LogP contribution in [0.2, 0.25) is 0 Å². The summed E-state index contributed by atoms with van der Waals surface area (Å²) in [5, 5.41) is 3.98. The molecule has 0 atom stereocenters. The highest BCUT2D eigenvalue weighted by atomic mass is 19.4. The molecule has 2 aromatic rings. The van der Waals surface area contributed by atoms with Gasteiger partial charge in [-0.2, -0.15) is 18.3 Å². The smallest absolute Gasteiger partial charge is 0.417 e. The molecule has 0 aliphatic carbocycles. The van der Waals surface area contributed by atoms with E-state index in [1.165, 1.54) is 19.4 Å². The molecule has 1 aromatic heterocycles. The highest BCUT2D eigenvalue weighted by Gasteiger charge is 2.30. The maximum Gasteiger partial charge on any atom is 0.417 e. The molecule has 0 bridgehead atoms. The van der Waals surface area contributed by atoms with Crippen LogP contribution < -0.4 is 14.9 Å². The third kappa shape index (κ3) is 4.15. The second-order valence-corrected chi connectivity index (χ2v) is 4.86. The molecule has 0 saturated heterocycles. The van der Waals surface area contributed by atoms with Crippen LogP contribution in [-0.4, -0.2) is 25.4 Å². The molecule has 0 aliphatic rings. The van der Waals surface area contributed by atoms with Crippen molar-refractivity contribution in [3.8, 4) is 11.5 Å². The fourth-order valence-corrected chi connectivity index (χ4v) is 1.93. The lowest BCUT2D eigenvalue weighted by Gasteiger charge is -2.10. The zero-order valence-electron chi connectivity index (χ0n) is 13.3. The lowest BCUT2D eigenvalue weighted by molar-refractivity contribution is -0.137. The fourth-order valence-electron chi connectivity index (χ4n) is 1.93. The average molecular weight is 339 g/mol. The Bertz CT molecular complexity index is 729. The van der Waals surface area contributed by atoms with Crippen LogP contribution in [0.3, 0.4) is 0 Å². The molecular formula is C16H16F3N3O2. The first-order valence-electron chi connectivity index (χ1n) is 6.90. The summed E-state index contributed by atoms with van der Waals surface area (Å²) < 4.78 is 47.8. The van der Waals surface area contributed by atoms with Crippen LogP contribution in [0.1, 0.15) is 16.7 Å². The van der Waals surface area contributed by atoms with E-state index in [9.17, 15) is 13.2 Å². The number of pyridine rings is 1. The summed E-state index contributed by atoms with van der Waals surface area (Å²) in [7, 11) is 3.07. The van der Waals surface area contributed by atoms with E-state index in [-0.39, 0.29) is 5.82 Å². The number of methoxy groups -OCH3 is 2. The van der Waals surface area contributed by atoms with Gasteiger partial charge in [-0.05, 0) is 36.8 Å². The van der Waals surface area contributed by atoms with Crippen LogP contribution >= 0.6 is 0 Å². The number of hydrogen-bond acceptors (Lipinski definition) is 5. The number of hydrazone groups is 1. The molecule has 0 aliphatic heterocycles. The van der Waals surface area contributed by atoms with E-state index in [1.54, 1.807) is 19.2 Å². The van der Waals surface area contributed by atoms with Gasteiger partial charge in [0.25, 0.3) is 0 Å². The molecule has 8 heteroatoms. The number of nitrogens with one attached hydrogen (secondary N) is 1. The van der Waals surface area contributed by atoms with Crippen molar-refractivity contribution in [2.45, 2.75) is 13.1 Å². The number of nitrogens with zero attached hydrogens (tertiary/aromatic N) is 2. The van der Waals surface area contributed by atoms with Gasteiger partial charge in [-0.1, -0.05) is 0 Å². The van der Waals surface area contributed by atoms with Crippen molar-refractivity contribution in [1.29, 1.82) is 0 Å². The molecule has 5 nitrogen and oxygen atoms in total. The van der Waals surface area contributed by atoms with E-state index in [0.29, 0.717) is 11.5 Å². The predicted molar refractivity (Wildman–Crippen MR) is 84.7 cm³/mol. The Morgan fingerprint density at radius 2 is 1.79 bits per heavy atom. The number of ether oxygens (including phenoxy) is 2. The van der Waals surface area contributed by atoms with Crippen molar-refractivity contribution < 1.29 is 22.6 Å². The SMILES string of the molecule is COc1cc(C)c(C=NNc2ccc(C(F)(F)F)cn2)cc1OC. The largest absolute Gasteiger partial charge is 0.493 e. The summed E-state index contributed by atoms with van der Waals surface area (Å²) in [6.45, 7) is 1.87. The van der Waals surface area contributed by atoms with Crippen LogP contribution in [0.5, 0.6) is 11.5 Å². The number of anilines is 1. The monoisotopic (exact) mass is 339 g/mol. The second-order valence-electron chi connectivity index (χ2n) is 4.86. The van der Waals surface area contributed by atoms with Crippen LogP contribution in [-0.2, 0) is 6.18 Å². The van der Waals surface area contributed by atoms with Gasteiger partial charge >= 0.3 is 6.18 Å². The Morgan fingerprint density at radius 3 is 2.33 bits per heavy atom. The van der Waals surface area contributed by atoms with Crippen molar-refractivity contribution >= 4 is 12.0 Å². The lowest BCUT2D eigenvalue weighted by atomic mass is 10.1. The number of hydrogen-bond donors (Lipinski definition) is 1. The predicted octanol–water partition coefficient (Wildman–Crippen LogP) is 3.87. The minimum Gasteiger partial charge on any atom is -0.493 e. The Balaban J connectivity index is 2.12. The molecule has 24 heavy (non-hydrogen) atoms. The molecule has 0 saturated carbocycles. The van der Waals surface area contributed by atoms with Gasteiger partial charge in [0.05, 0.1) is 26.0 Å². The molecular weight excluding hydrogens is 323 g/mol. The summed E-state index contributed by atoms with van der Waals surface area (Å²) in [4.78, 5) is 3.67. The van der Waals surface area contributed by atoms with Gasteiger partial charge in [0.2, 0.25) is 0 Å². The Hall–Kier alpha value is -2.77. The standard InChI is InChI=1S/C16H16F3N3O2/c1-10-6-13(23-2)14(24-3)7-11(10)8-21-22-15-5-4-12(9-20-15)16(17,18)19/h4-9H,1-3H3,(H,20,22). The highest BCUT2D eigenvalue weighted by molar-refractivity contribution is 5.83. The summed E-state index contributed by atoms with van der Waals surface area (Å²) in [6, 6.07) is 5.70. The Labute approximate surface area is 137 Å². The highest BCUT2D eigenvalue weighted by Crippen LogP contribution is 2.30. The average Bonchev–Trinajstić information content (AvgIpc) is 2.55. The summed E-state index contributed by atoms with van der Waals surface area (Å²) in [5.41, 5.74) is 3.44. The van der Waals surface area contributed by atoms with Crippen LogP contribution in [0.15, 0.2) is 35.6 Å². The Morgan fingerprint density at radius 1 is 1.12 bits per heavy atom. The molecule has 0 amide bonds. The number of alkyl halides is 3. The van der Waals surface area contributed by atoms with Crippen molar-refractivity contribution in [2.75, 3.05) is 19.6 Å². The molecule has 0 spiro atoms. The molecule has 1 N–H and O–H groups in total. The van der Waals surface area contributed by atoms with E-state index in [1.807, 2.05) is 6.92 Å². The van der Waals surface area contributed by atoms with Crippen molar-refractivity contribution in [3.05, 3.63) is 47.2 Å². The van der Waals surface area contributed by atoms with Gasteiger partial charge in [-0.15, -0.1) is 0 Å². The number of halogens is 3. The summed E-state index contributed by atoms with van der Waals surface area (Å²) in [5.74, 6) is 1.36. The first kappa shape index (κ1) is 17.6. The normalized spacial score (nSPS) is 11.6. The molecule has 0 unspecified atom stereocenters. The van der Waals surface area contributed by atoms with E-state index in [4.69, 9.17) is 9.47 Å². The van der Waals surface area contributed by atoms with Gasteiger partial charge in [-0.3, -0.25) is 5.43 Å². The van der Waals surface area contributed by atoms with E-state index in [0.717, 1.165) is 23.4 Å². The minimum atomic E-state index is -4.41. The topological polar surface area (TPSA) is 55.7 Å². The minimum absolute atomic E-state index is 0.206. The van der Waals surface area contributed by atoms with Gasteiger partial charge in [-0.25, -0.2) is 4.98 Å². The number of aromatic nitrogens is 1. The lowest BCUT2D eigenvalue weighted by Crippen LogP contribution is -2.05. The number of rotatable bonds is 5. The van der Waals surface area contributed by atoms with Crippen LogP contribution in [0, 0.1) is 6.92 Å². The number of aryl methyl sites for hydroxylation is 1. The summed E-state index contributed by atoms with van der Waals surface area (Å²) in [6.07, 6.45) is -2.14. The second kappa shape index (κ2) is 7.20. The van der Waals surface area contributed by atoms with Gasteiger partial charge in [0.1, 0.15) is 5.82 Å². The third-order valence-corrected chi connectivity index (χ3v) is 3.25. The maximum atomic E-state index is 12.5. The van der Waals surface area contributed by atoms with Gasteiger partial charge < -0.3 is 9.47 Å². The Kier molecular flexibility index (Phi) is 5.28. The van der Waals surface area contributed by atoms with Crippen molar-refractivity contribution in [3.63, 3.8) is 0 Å². The molecule has 2 rings (SSSR count). The van der Waals surface area contributed by atoms with E-state index >= 15 is 0 Å². The van der Waals surface area contributed by atoms with E-state index < -0.39 is 11.7 Å².